The highest BCUT2D eigenvalue weighted by Gasteiger charge is 2.19. The zero-order chi connectivity index (χ0) is 19.3. The Hall–Kier alpha value is -3.08. The van der Waals surface area contributed by atoms with Gasteiger partial charge in [-0.1, -0.05) is 60.7 Å². The molecule has 4 nitrogen and oxygen atoms in total. The SMILES string of the molecule is COCOc1ccc2ccccc2c1-c1c(OCOC)ccc2ccccc12. The van der Waals surface area contributed by atoms with E-state index in [1.54, 1.807) is 14.2 Å². The van der Waals surface area contributed by atoms with E-state index in [1.165, 1.54) is 0 Å². The lowest BCUT2D eigenvalue weighted by molar-refractivity contribution is 0.0502. The Labute approximate surface area is 164 Å². The van der Waals surface area contributed by atoms with Gasteiger partial charge in [-0.05, 0) is 33.7 Å². The molecule has 28 heavy (non-hydrogen) atoms. The first-order valence-electron chi connectivity index (χ1n) is 9.11. The zero-order valence-electron chi connectivity index (χ0n) is 16.0. The van der Waals surface area contributed by atoms with Crippen LogP contribution in [0.2, 0.25) is 0 Å². The van der Waals surface area contributed by atoms with E-state index in [2.05, 4.69) is 36.4 Å². The van der Waals surface area contributed by atoms with E-state index in [-0.39, 0.29) is 13.6 Å². The third-order valence-corrected chi connectivity index (χ3v) is 4.70. The van der Waals surface area contributed by atoms with Crippen molar-refractivity contribution in [1.29, 1.82) is 0 Å². The zero-order valence-corrected chi connectivity index (χ0v) is 16.0. The molecule has 0 aliphatic carbocycles. The summed E-state index contributed by atoms with van der Waals surface area (Å²) in [6, 6.07) is 24.6. The molecule has 4 aromatic carbocycles. The van der Waals surface area contributed by atoms with Crippen molar-refractivity contribution in [3.05, 3.63) is 72.8 Å². The Morgan fingerprint density at radius 2 is 0.964 bits per heavy atom. The molecule has 4 heteroatoms. The first-order chi connectivity index (χ1) is 13.8. The molecule has 0 radical (unpaired) electrons. The summed E-state index contributed by atoms with van der Waals surface area (Å²) in [6.45, 7) is 0.342. The molecule has 0 saturated carbocycles. The molecular formula is C24H22O4. The average Bonchev–Trinajstić information content (AvgIpc) is 2.75. The normalized spacial score (nSPS) is 11.1. The minimum Gasteiger partial charge on any atom is -0.467 e. The van der Waals surface area contributed by atoms with E-state index in [4.69, 9.17) is 18.9 Å². The van der Waals surface area contributed by atoms with Crippen molar-refractivity contribution >= 4 is 21.5 Å². The summed E-state index contributed by atoms with van der Waals surface area (Å²) >= 11 is 0. The Morgan fingerprint density at radius 3 is 1.39 bits per heavy atom. The lowest BCUT2D eigenvalue weighted by Crippen LogP contribution is -2.03. The Morgan fingerprint density at radius 1 is 0.536 bits per heavy atom. The molecule has 0 spiro atoms. The van der Waals surface area contributed by atoms with Gasteiger partial charge >= 0.3 is 0 Å². The monoisotopic (exact) mass is 374 g/mol. The lowest BCUT2D eigenvalue weighted by atomic mass is 9.92. The van der Waals surface area contributed by atoms with Gasteiger partial charge in [0.25, 0.3) is 0 Å². The van der Waals surface area contributed by atoms with Crippen LogP contribution in [0.4, 0.5) is 0 Å². The predicted octanol–water partition coefficient (Wildman–Crippen LogP) is 5.63. The van der Waals surface area contributed by atoms with Gasteiger partial charge in [-0.3, -0.25) is 0 Å². The summed E-state index contributed by atoms with van der Waals surface area (Å²) in [4.78, 5) is 0. The van der Waals surface area contributed by atoms with Gasteiger partial charge in [0.2, 0.25) is 0 Å². The first-order valence-corrected chi connectivity index (χ1v) is 9.11. The largest absolute Gasteiger partial charge is 0.467 e. The summed E-state index contributed by atoms with van der Waals surface area (Å²) in [7, 11) is 3.23. The number of fused-ring (bicyclic) bond motifs is 2. The number of ether oxygens (including phenoxy) is 4. The van der Waals surface area contributed by atoms with Crippen LogP contribution < -0.4 is 9.47 Å². The molecule has 0 amide bonds. The Balaban J connectivity index is 2.07. The summed E-state index contributed by atoms with van der Waals surface area (Å²) in [5.41, 5.74) is 1.97. The molecule has 0 heterocycles. The second kappa shape index (κ2) is 8.30. The van der Waals surface area contributed by atoms with Gasteiger partial charge in [0.15, 0.2) is 13.6 Å². The van der Waals surface area contributed by atoms with E-state index >= 15 is 0 Å². The topological polar surface area (TPSA) is 36.9 Å². The Bertz CT molecular complexity index is 1010. The van der Waals surface area contributed by atoms with Crippen LogP contribution in [-0.2, 0) is 9.47 Å². The van der Waals surface area contributed by atoms with Crippen molar-refractivity contribution in [3.63, 3.8) is 0 Å². The van der Waals surface area contributed by atoms with Crippen molar-refractivity contribution in [2.45, 2.75) is 0 Å². The molecule has 4 rings (SSSR count). The third-order valence-electron chi connectivity index (χ3n) is 4.70. The van der Waals surface area contributed by atoms with Crippen LogP contribution in [0.15, 0.2) is 72.8 Å². The van der Waals surface area contributed by atoms with E-state index in [1.807, 2.05) is 36.4 Å². The fourth-order valence-electron chi connectivity index (χ4n) is 3.50. The molecule has 0 atom stereocenters. The molecule has 0 unspecified atom stereocenters. The van der Waals surface area contributed by atoms with Crippen molar-refractivity contribution < 1.29 is 18.9 Å². The van der Waals surface area contributed by atoms with Crippen molar-refractivity contribution in [2.24, 2.45) is 0 Å². The van der Waals surface area contributed by atoms with Crippen LogP contribution in [0, 0.1) is 0 Å². The second-order valence-electron chi connectivity index (χ2n) is 6.42. The van der Waals surface area contributed by atoms with E-state index in [0.717, 1.165) is 44.2 Å². The molecule has 0 fully saturated rings. The molecule has 0 aromatic heterocycles. The van der Waals surface area contributed by atoms with Crippen molar-refractivity contribution in [2.75, 3.05) is 27.8 Å². The molecule has 0 aliphatic rings. The number of hydrogen-bond donors (Lipinski definition) is 0. The number of hydrogen-bond acceptors (Lipinski definition) is 4. The van der Waals surface area contributed by atoms with Crippen LogP contribution in [0.5, 0.6) is 11.5 Å². The smallest absolute Gasteiger partial charge is 0.188 e. The minimum atomic E-state index is 0.171. The highest BCUT2D eigenvalue weighted by Crippen LogP contribution is 2.45. The third kappa shape index (κ3) is 3.40. The maximum atomic E-state index is 5.95. The summed E-state index contributed by atoms with van der Waals surface area (Å²) < 4.78 is 22.2. The maximum Gasteiger partial charge on any atom is 0.188 e. The standard InChI is InChI=1S/C24H22O4/c1-25-15-27-21-13-11-17-7-3-5-9-19(17)23(21)24-20-10-6-4-8-18(20)12-14-22(24)28-16-26-2/h3-14H,15-16H2,1-2H3. The van der Waals surface area contributed by atoms with Gasteiger partial charge in [-0.25, -0.2) is 0 Å². The highest BCUT2D eigenvalue weighted by atomic mass is 16.7. The van der Waals surface area contributed by atoms with Gasteiger partial charge in [-0.15, -0.1) is 0 Å². The molecule has 0 bridgehead atoms. The van der Waals surface area contributed by atoms with Gasteiger partial charge in [0.05, 0.1) is 0 Å². The summed E-state index contributed by atoms with van der Waals surface area (Å²) in [5, 5.41) is 4.45. The van der Waals surface area contributed by atoms with Crippen molar-refractivity contribution in [3.8, 4) is 22.6 Å². The summed E-state index contributed by atoms with van der Waals surface area (Å²) in [6.07, 6.45) is 0. The van der Waals surface area contributed by atoms with E-state index < -0.39 is 0 Å². The predicted molar refractivity (Wildman–Crippen MR) is 112 cm³/mol. The number of rotatable bonds is 7. The average molecular weight is 374 g/mol. The van der Waals surface area contributed by atoms with Crippen molar-refractivity contribution in [1.82, 2.24) is 0 Å². The van der Waals surface area contributed by atoms with Gasteiger partial charge in [-0.2, -0.15) is 0 Å². The van der Waals surface area contributed by atoms with E-state index in [0.29, 0.717) is 0 Å². The number of methoxy groups -OCH3 is 2. The maximum absolute atomic E-state index is 5.95. The van der Waals surface area contributed by atoms with Gasteiger partial charge < -0.3 is 18.9 Å². The molecule has 0 saturated heterocycles. The molecular weight excluding hydrogens is 352 g/mol. The minimum absolute atomic E-state index is 0.171. The van der Waals surface area contributed by atoms with Crippen LogP contribution in [0.1, 0.15) is 0 Å². The molecule has 0 N–H and O–H groups in total. The summed E-state index contributed by atoms with van der Waals surface area (Å²) in [5.74, 6) is 1.50. The van der Waals surface area contributed by atoms with Gasteiger partial charge in [0, 0.05) is 25.3 Å². The lowest BCUT2D eigenvalue weighted by Gasteiger charge is -2.19. The fraction of sp³-hybridized carbons (Fsp3) is 0.167. The Kier molecular flexibility index (Phi) is 5.42. The van der Waals surface area contributed by atoms with Crippen LogP contribution in [-0.4, -0.2) is 27.8 Å². The van der Waals surface area contributed by atoms with Crippen LogP contribution >= 0.6 is 0 Å². The van der Waals surface area contributed by atoms with Crippen LogP contribution in [0.3, 0.4) is 0 Å². The molecule has 4 aromatic rings. The fourth-order valence-corrected chi connectivity index (χ4v) is 3.50. The number of benzene rings is 4. The first kappa shape index (κ1) is 18.3. The highest BCUT2D eigenvalue weighted by molar-refractivity contribution is 6.09. The quantitative estimate of drug-likeness (QED) is 0.393. The second-order valence-corrected chi connectivity index (χ2v) is 6.42. The molecule has 142 valence electrons. The van der Waals surface area contributed by atoms with Gasteiger partial charge in [0.1, 0.15) is 11.5 Å². The van der Waals surface area contributed by atoms with Crippen LogP contribution in [0.25, 0.3) is 32.7 Å². The molecule has 0 aliphatic heterocycles. The van der Waals surface area contributed by atoms with E-state index in [9.17, 15) is 0 Å².